The fraction of sp³-hybridized carbons (Fsp3) is 0.231. The lowest BCUT2D eigenvalue weighted by molar-refractivity contribution is -0.119. The second-order valence-electron chi connectivity index (χ2n) is 4.12. The Hall–Kier alpha value is -1.24. The van der Waals surface area contributed by atoms with Crippen LogP contribution in [0.1, 0.15) is 18.5 Å². The molecule has 1 aromatic heterocycles. The van der Waals surface area contributed by atoms with Crippen LogP contribution in [0.25, 0.3) is 0 Å². The third-order valence-electron chi connectivity index (χ3n) is 2.60. The van der Waals surface area contributed by atoms with Gasteiger partial charge in [0.05, 0.1) is 22.2 Å². The van der Waals surface area contributed by atoms with Crippen LogP contribution in [-0.2, 0) is 4.79 Å². The highest BCUT2D eigenvalue weighted by molar-refractivity contribution is 8.01. The van der Waals surface area contributed by atoms with Crippen molar-refractivity contribution >= 4 is 45.7 Å². The van der Waals surface area contributed by atoms with Crippen LogP contribution in [0.3, 0.4) is 0 Å². The van der Waals surface area contributed by atoms with E-state index in [2.05, 4.69) is 10.3 Å². The first-order chi connectivity index (χ1) is 9.56. The number of anilines is 1. The molecule has 0 aliphatic heterocycles. The summed E-state index contributed by atoms with van der Waals surface area (Å²) in [6, 6.07) is 7.37. The average Bonchev–Trinajstić information content (AvgIpc) is 2.82. The molecule has 0 aliphatic carbocycles. The molecule has 1 aromatic carbocycles. The van der Waals surface area contributed by atoms with Gasteiger partial charge in [0, 0.05) is 5.02 Å². The molecule has 0 saturated carbocycles. The zero-order chi connectivity index (χ0) is 14.5. The fourth-order valence-corrected chi connectivity index (χ4v) is 3.53. The van der Waals surface area contributed by atoms with E-state index in [-0.39, 0.29) is 11.9 Å². The van der Waals surface area contributed by atoms with Crippen molar-refractivity contribution < 1.29 is 4.79 Å². The van der Waals surface area contributed by atoms with Crippen molar-refractivity contribution in [1.29, 1.82) is 0 Å². The molecule has 2 rings (SSSR count). The molecule has 0 bridgehead atoms. The van der Waals surface area contributed by atoms with Crippen molar-refractivity contribution in [3.8, 4) is 0 Å². The van der Waals surface area contributed by atoms with Gasteiger partial charge in [0.25, 0.3) is 0 Å². The topological polar surface area (TPSA) is 68.0 Å². The highest BCUT2D eigenvalue weighted by atomic mass is 35.5. The highest BCUT2D eigenvalue weighted by Crippen LogP contribution is 2.26. The van der Waals surface area contributed by atoms with Crippen LogP contribution < -0.4 is 11.1 Å². The second-order valence-corrected chi connectivity index (χ2v) is 6.86. The van der Waals surface area contributed by atoms with E-state index in [1.54, 1.807) is 6.20 Å². The molecule has 1 unspecified atom stereocenters. The van der Waals surface area contributed by atoms with Gasteiger partial charge in [-0.1, -0.05) is 41.1 Å². The summed E-state index contributed by atoms with van der Waals surface area (Å²) in [5.41, 5.74) is 6.45. The SMILES string of the molecule is CC(NC(=O)CSc1cnc(N)s1)c1ccccc1Cl. The largest absolute Gasteiger partial charge is 0.375 e. The lowest BCUT2D eigenvalue weighted by Gasteiger charge is -2.15. The fourth-order valence-electron chi connectivity index (χ4n) is 1.66. The van der Waals surface area contributed by atoms with Crippen LogP contribution in [0.4, 0.5) is 5.13 Å². The van der Waals surface area contributed by atoms with E-state index < -0.39 is 0 Å². The van der Waals surface area contributed by atoms with E-state index in [4.69, 9.17) is 17.3 Å². The monoisotopic (exact) mass is 327 g/mol. The smallest absolute Gasteiger partial charge is 0.230 e. The van der Waals surface area contributed by atoms with Gasteiger partial charge in [-0.25, -0.2) is 4.98 Å². The molecule has 0 radical (unpaired) electrons. The van der Waals surface area contributed by atoms with Crippen molar-refractivity contribution in [2.75, 3.05) is 11.5 Å². The molecule has 1 heterocycles. The first kappa shape index (κ1) is 15.2. The molecule has 0 saturated heterocycles. The van der Waals surface area contributed by atoms with E-state index >= 15 is 0 Å². The molecule has 2 aromatic rings. The number of nitrogen functional groups attached to an aromatic ring is 1. The van der Waals surface area contributed by atoms with Gasteiger partial charge < -0.3 is 11.1 Å². The second kappa shape index (κ2) is 6.97. The van der Waals surface area contributed by atoms with Crippen molar-refractivity contribution in [2.45, 2.75) is 17.2 Å². The number of carbonyl (C=O) groups excluding carboxylic acids is 1. The minimum absolute atomic E-state index is 0.0469. The minimum Gasteiger partial charge on any atom is -0.375 e. The maximum absolute atomic E-state index is 11.9. The number of rotatable bonds is 5. The van der Waals surface area contributed by atoms with Crippen LogP contribution in [0.15, 0.2) is 34.7 Å². The first-order valence-electron chi connectivity index (χ1n) is 5.94. The van der Waals surface area contributed by atoms with Crippen molar-refractivity contribution in [3.05, 3.63) is 41.0 Å². The Balaban J connectivity index is 1.87. The number of thiazole rings is 1. The zero-order valence-electron chi connectivity index (χ0n) is 10.8. The molecule has 0 aliphatic rings. The van der Waals surface area contributed by atoms with Gasteiger partial charge >= 0.3 is 0 Å². The summed E-state index contributed by atoms with van der Waals surface area (Å²) in [5, 5.41) is 4.09. The zero-order valence-corrected chi connectivity index (χ0v) is 13.2. The predicted molar refractivity (Wildman–Crippen MR) is 85.3 cm³/mol. The Bertz CT molecular complexity index is 603. The number of aromatic nitrogens is 1. The maximum Gasteiger partial charge on any atom is 0.230 e. The van der Waals surface area contributed by atoms with Crippen molar-refractivity contribution in [3.63, 3.8) is 0 Å². The van der Waals surface area contributed by atoms with E-state index in [1.165, 1.54) is 23.1 Å². The number of halogens is 1. The number of nitrogens with zero attached hydrogens (tertiary/aromatic N) is 1. The van der Waals surface area contributed by atoms with Crippen LogP contribution >= 0.6 is 34.7 Å². The summed E-state index contributed by atoms with van der Waals surface area (Å²) >= 11 is 8.90. The summed E-state index contributed by atoms with van der Waals surface area (Å²) in [6.45, 7) is 1.91. The van der Waals surface area contributed by atoms with Gasteiger partial charge in [-0.3, -0.25) is 4.79 Å². The van der Waals surface area contributed by atoms with Crippen molar-refractivity contribution in [1.82, 2.24) is 10.3 Å². The summed E-state index contributed by atoms with van der Waals surface area (Å²) < 4.78 is 0.933. The van der Waals surface area contributed by atoms with Gasteiger partial charge in [0.15, 0.2) is 5.13 Å². The number of benzene rings is 1. The van der Waals surface area contributed by atoms with Crippen LogP contribution in [0.2, 0.25) is 5.02 Å². The lowest BCUT2D eigenvalue weighted by Crippen LogP contribution is -2.28. The Labute approximate surface area is 130 Å². The highest BCUT2D eigenvalue weighted by Gasteiger charge is 2.12. The maximum atomic E-state index is 11.9. The standard InChI is InChI=1S/C13H14ClN3OS2/c1-8(9-4-2-3-5-10(9)14)17-11(18)7-19-12-6-16-13(15)20-12/h2-6,8H,7H2,1H3,(H2,15,16)(H,17,18). The van der Waals surface area contributed by atoms with Gasteiger partial charge in [-0.05, 0) is 18.6 Å². The molecule has 4 nitrogen and oxygen atoms in total. The summed E-state index contributed by atoms with van der Waals surface area (Å²) in [7, 11) is 0. The minimum atomic E-state index is -0.122. The van der Waals surface area contributed by atoms with E-state index in [9.17, 15) is 4.79 Å². The normalized spacial score (nSPS) is 12.1. The van der Waals surface area contributed by atoms with Gasteiger partial charge in [-0.2, -0.15) is 0 Å². The van der Waals surface area contributed by atoms with Crippen LogP contribution in [0, 0.1) is 0 Å². The number of nitrogens with two attached hydrogens (primary N) is 1. The molecule has 106 valence electrons. The molecule has 0 fully saturated rings. The van der Waals surface area contributed by atoms with Crippen LogP contribution in [-0.4, -0.2) is 16.6 Å². The van der Waals surface area contributed by atoms with E-state index in [0.29, 0.717) is 15.9 Å². The van der Waals surface area contributed by atoms with Gasteiger partial charge in [0.1, 0.15) is 0 Å². The van der Waals surface area contributed by atoms with Gasteiger partial charge in [0.2, 0.25) is 5.91 Å². The molecule has 7 heteroatoms. The average molecular weight is 328 g/mol. The third-order valence-corrected chi connectivity index (χ3v) is 4.96. The van der Waals surface area contributed by atoms with Gasteiger partial charge in [-0.15, -0.1) is 11.8 Å². The quantitative estimate of drug-likeness (QED) is 0.826. The predicted octanol–water partition coefficient (Wildman–Crippen LogP) is 3.35. The molecule has 1 amide bonds. The summed E-state index contributed by atoms with van der Waals surface area (Å²) in [4.78, 5) is 15.8. The third kappa shape index (κ3) is 4.13. The van der Waals surface area contributed by atoms with E-state index in [0.717, 1.165) is 9.77 Å². The Morgan fingerprint density at radius 3 is 2.95 bits per heavy atom. The van der Waals surface area contributed by atoms with Crippen LogP contribution in [0.5, 0.6) is 0 Å². The number of nitrogens with one attached hydrogen (secondary N) is 1. The molecule has 3 N–H and O–H groups in total. The number of hydrogen-bond acceptors (Lipinski definition) is 5. The van der Waals surface area contributed by atoms with E-state index in [1.807, 2.05) is 31.2 Å². The number of thioether (sulfide) groups is 1. The summed E-state index contributed by atoms with van der Waals surface area (Å²) in [6.07, 6.45) is 1.68. The molecule has 0 spiro atoms. The number of hydrogen-bond donors (Lipinski definition) is 2. The number of amides is 1. The Kier molecular flexibility index (Phi) is 5.28. The lowest BCUT2D eigenvalue weighted by atomic mass is 10.1. The van der Waals surface area contributed by atoms with Crippen molar-refractivity contribution in [2.24, 2.45) is 0 Å². The summed E-state index contributed by atoms with van der Waals surface area (Å²) in [5.74, 6) is 0.283. The number of carbonyl (C=O) groups is 1. The molecule has 20 heavy (non-hydrogen) atoms. The molecular formula is C13H14ClN3OS2. The Morgan fingerprint density at radius 1 is 1.55 bits per heavy atom. The first-order valence-corrected chi connectivity index (χ1v) is 8.12. The Morgan fingerprint density at radius 2 is 2.30 bits per heavy atom. The molecule has 1 atom stereocenters. The molecular weight excluding hydrogens is 314 g/mol.